The summed E-state index contributed by atoms with van der Waals surface area (Å²) in [6, 6.07) is 8.75. The number of fused-ring (bicyclic) bond motifs is 1. The fraction of sp³-hybridized carbons (Fsp3) is 0.569. The van der Waals surface area contributed by atoms with E-state index in [2.05, 4.69) is 20.9 Å². The van der Waals surface area contributed by atoms with E-state index in [1.165, 1.54) is 11.8 Å². The van der Waals surface area contributed by atoms with Crippen LogP contribution in [-0.4, -0.2) is 135 Å². The Labute approximate surface area is 423 Å². The summed E-state index contributed by atoms with van der Waals surface area (Å²) >= 11 is 8.43. The van der Waals surface area contributed by atoms with Gasteiger partial charge in [-0.1, -0.05) is 68.8 Å². The number of β-amino-alcohol motifs (C(OH)–C–C–N with tert-alkyl or cyclic N) is 1. The number of hydrogen-bond donors (Lipinski definition) is 6. The number of aliphatic hydroxyl groups is 1. The summed E-state index contributed by atoms with van der Waals surface area (Å²) in [6.07, 6.45) is 3.10. The second-order valence-electron chi connectivity index (χ2n) is 20.6. The molecule has 18 nitrogen and oxygen atoms in total. The third-order valence-corrected chi connectivity index (χ3v) is 15.6. The molecule has 1 saturated carbocycles. The summed E-state index contributed by atoms with van der Waals surface area (Å²) < 4.78 is 6.14. The largest absolute Gasteiger partial charge is 0.490 e. The van der Waals surface area contributed by atoms with Crippen LogP contribution in [0.25, 0.3) is 10.4 Å². The van der Waals surface area contributed by atoms with E-state index in [-0.39, 0.29) is 69.1 Å². The molecule has 4 aliphatic rings. The molecule has 384 valence electrons. The average molecular weight is 1020 g/mol. The van der Waals surface area contributed by atoms with Crippen LogP contribution in [0.5, 0.6) is 5.75 Å². The molecule has 0 spiro atoms. The lowest BCUT2D eigenvalue weighted by Crippen LogP contribution is -2.59. The van der Waals surface area contributed by atoms with Gasteiger partial charge in [-0.05, 0) is 86.5 Å². The molecule has 0 bridgehead atoms. The Kier molecular flexibility index (Phi) is 16.8. The molecular formula is C51H68ClN9O9S. The third kappa shape index (κ3) is 12.7. The van der Waals surface area contributed by atoms with Crippen LogP contribution < -0.4 is 32.2 Å². The van der Waals surface area contributed by atoms with Gasteiger partial charge in [0.1, 0.15) is 36.5 Å². The van der Waals surface area contributed by atoms with Crippen molar-refractivity contribution in [2.24, 2.45) is 16.9 Å². The van der Waals surface area contributed by atoms with Gasteiger partial charge in [-0.2, -0.15) is 0 Å². The Balaban J connectivity index is 0.927. The summed E-state index contributed by atoms with van der Waals surface area (Å²) in [5.74, 6) is -2.36. The first-order chi connectivity index (χ1) is 33.6. The lowest BCUT2D eigenvalue weighted by Gasteiger charge is -2.37. The van der Waals surface area contributed by atoms with Crippen LogP contribution in [0.15, 0.2) is 48.0 Å². The second-order valence-corrected chi connectivity index (χ2v) is 21.9. The number of rotatable bonds is 18. The fourth-order valence-corrected chi connectivity index (χ4v) is 11.1. The molecule has 3 aromatic rings. The van der Waals surface area contributed by atoms with Crippen molar-refractivity contribution in [1.82, 2.24) is 35.6 Å². The van der Waals surface area contributed by atoms with Crippen LogP contribution in [0.3, 0.4) is 0 Å². The predicted molar refractivity (Wildman–Crippen MR) is 268 cm³/mol. The number of primary amides is 1. The number of hydrogen-bond acceptors (Lipinski definition) is 12. The molecule has 0 radical (unpaired) electrons. The van der Waals surface area contributed by atoms with E-state index in [4.69, 9.17) is 27.8 Å². The molecular weight excluding hydrogens is 950 g/mol. The summed E-state index contributed by atoms with van der Waals surface area (Å²) in [7, 11) is 0. The van der Waals surface area contributed by atoms with Gasteiger partial charge in [0, 0.05) is 51.9 Å². The molecule has 1 aliphatic carbocycles. The van der Waals surface area contributed by atoms with Gasteiger partial charge in [-0.25, -0.2) is 4.98 Å². The predicted octanol–water partition coefficient (Wildman–Crippen LogP) is 3.46. The van der Waals surface area contributed by atoms with Gasteiger partial charge in [-0.15, -0.1) is 11.3 Å². The first-order valence-corrected chi connectivity index (χ1v) is 25.8. The highest BCUT2D eigenvalue weighted by Gasteiger charge is 2.50. The molecule has 2 aromatic carbocycles. The van der Waals surface area contributed by atoms with Gasteiger partial charge in [0.15, 0.2) is 0 Å². The molecule has 3 saturated heterocycles. The van der Waals surface area contributed by atoms with Crippen molar-refractivity contribution < 1.29 is 43.4 Å². The molecule has 71 heavy (non-hydrogen) atoms. The topological polar surface area (TPSA) is 260 Å². The number of nitrogens with zero attached hydrogens (tertiary/aromatic N) is 4. The summed E-state index contributed by atoms with van der Waals surface area (Å²) in [5.41, 5.74) is 15.9. The van der Waals surface area contributed by atoms with Gasteiger partial charge >= 0.3 is 0 Å². The van der Waals surface area contributed by atoms with Crippen LogP contribution in [0.4, 0.5) is 0 Å². The smallest absolute Gasteiger partial charge is 0.246 e. The standard InChI is InChI=1S/C51H68ClN9O9S/c1-29-44(71-28-55-29)32-12-14-33(15-13-32)51(21-22-51)58-47(67)39-24-36(63)25-60(39)49(69)45(50(3,4)5)57-42(65)11-7-9-31-8-6-10-40(43(31)52)70-27-34(16-19-41(54)64)56-46(66)38-18-17-35-20-23-59(30(2)62)26-37(53)48(68)61(35)38/h6,8,10,12-15,28,34-39,45,63H,7,9,11,16-27,53H2,1-5H3,(H2,54,64)(H,56,66)(H,57,65)(H,58,67)/t34-,35+,36+,37-,38-,39-,45+/m0/s1. The van der Waals surface area contributed by atoms with Crippen molar-refractivity contribution in [2.75, 3.05) is 26.2 Å². The Morgan fingerprint density at radius 3 is 2.37 bits per heavy atom. The van der Waals surface area contributed by atoms with Gasteiger partial charge in [0.25, 0.3) is 0 Å². The number of halogens is 1. The molecule has 4 fully saturated rings. The van der Waals surface area contributed by atoms with Crippen LogP contribution >= 0.6 is 22.9 Å². The molecule has 3 aliphatic heterocycles. The van der Waals surface area contributed by atoms with E-state index < -0.39 is 70.9 Å². The average Bonchev–Trinajstić information content (AvgIpc) is 3.57. The summed E-state index contributed by atoms with van der Waals surface area (Å²) in [4.78, 5) is 103. The first kappa shape index (κ1) is 53.2. The molecule has 7 rings (SSSR count). The normalized spacial score (nSPS) is 22.7. The van der Waals surface area contributed by atoms with Crippen LogP contribution in [-0.2, 0) is 45.5 Å². The minimum atomic E-state index is -0.989. The number of likely N-dealkylation sites (tertiary alicyclic amines) is 1. The van der Waals surface area contributed by atoms with Crippen molar-refractivity contribution in [1.29, 1.82) is 0 Å². The highest BCUT2D eigenvalue weighted by Crippen LogP contribution is 2.46. The van der Waals surface area contributed by atoms with Gasteiger partial charge in [-0.3, -0.25) is 33.6 Å². The first-order valence-electron chi connectivity index (χ1n) is 24.6. The molecule has 1 aromatic heterocycles. The Morgan fingerprint density at radius 1 is 0.986 bits per heavy atom. The Hall–Kier alpha value is -5.63. The number of aromatic nitrogens is 1. The maximum Gasteiger partial charge on any atom is 0.246 e. The number of amides is 7. The zero-order valence-corrected chi connectivity index (χ0v) is 42.8. The van der Waals surface area contributed by atoms with E-state index in [0.717, 1.165) is 34.5 Å². The minimum absolute atomic E-state index is 0.0328. The number of aliphatic hydroxyl groups excluding tert-OH is 1. The monoisotopic (exact) mass is 1020 g/mol. The second kappa shape index (κ2) is 22.4. The highest BCUT2D eigenvalue weighted by atomic mass is 35.5. The van der Waals surface area contributed by atoms with E-state index in [1.54, 1.807) is 33.3 Å². The van der Waals surface area contributed by atoms with Gasteiger partial charge in [0.05, 0.1) is 38.8 Å². The van der Waals surface area contributed by atoms with Crippen molar-refractivity contribution >= 4 is 64.3 Å². The molecule has 20 heteroatoms. The van der Waals surface area contributed by atoms with Crippen molar-refractivity contribution in [3.05, 3.63) is 69.8 Å². The van der Waals surface area contributed by atoms with Gasteiger partial charge in [0.2, 0.25) is 41.4 Å². The minimum Gasteiger partial charge on any atom is -0.490 e. The SMILES string of the molecule is CC(=O)N1CC[C@H]2CC[C@@H](C(=O)N[C@@H](CCC(N)=O)COc3cccc(CCCC(=O)N[C@H](C(=O)N4C[C@H](O)C[C@H]4C(=O)NC4(c5ccc(-c6scnc6C)cc5)CC4)C(C)(C)C)c3Cl)N2C(=O)[C@@H](N)C1. The molecule has 7 atom stereocenters. The number of carbonyl (C=O) groups excluding carboxylic acids is 7. The molecule has 7 amide bonds. The third-order valence-electron chi connectivity index (χ3n) is 14.2. The number of benzene rings is 2. The Morgan fingerprint density at radius 2 is 1.72 bits per heavy atom. The molecule has 8 N–H and O–H groups in total. The number of nitrogens with one attached hydrogen (secondary N) is 3. The molecule has 4 heterocycles. The summed E-state index contributed by atoms with van der Waals surface area (Å²) in [6.45, 7) is 9.31. The van der Waals surface area contributed by atoms with E-state index in [0.29, 0.717) is 55.0 Å². The zero-order valence-electron chi connectivity index (χ0n) is 41.2. The lowest BCUT2D eigenvalue weighted by atomic mass is 9.85. The summed E-state index contributed by atoms with van der Waals surface area (Å²) in [5, 5.41) is 20.2. The number of nitrogens with two attached hydrogens (primary N) is 2. The van der Waals surface area contributed by atoms with Crippen LogP contribution in [0, 0.1) is 12.3 Å². The number of carbonyl (C=O) groups is 7. The fourth-order valence-electron chi connectivity index (χ4n) is 10.1. The van der Waals surface area contributed by atoms with Crippen LogP contribution in [0.2, 0.25) is 5.02 Å². The number of ether oxygens (including phenoxy) is 1. The van der Waals surface area contributed by atoms with Crippen molar-refractivity contribution in [2.45, 2.75) is 153 Å². The number of thiazole rings is 1. The maximum absolute atomic E-state index is 14.3. The zero-order chi connectivity index (χ0) is 51.4. The van der Waals surface area contributed by atoms with Crippen molar-refractivity contribution in [3.8, 4) is 16.2 Å². The van der Waals surface area contributed by atoms with E-state index in [1.807, 2.05) is 63.5 Å². The lowest BCUT2D eigenvalue weighted by molar-refractivity contribution is -0.144. The number of aryl methyl sites for hydroxylation is 2. The quantitative estimate of drug-likeness (QED) is 0.108. The van der Waals surface area contributed by atoms with E-state index in [9.17, 15) is 38.7 Å². The van der Waals surface area contributed by atoms with Crippen LogP contribution in [0.1, 0.15) is 109 Å². The highest BCUT2D eigenvalue weighted by molar-refractivity contribution is 7.13. The Bertz CT molecular complexity index is 2480. The van der Waals surface area contributed by atoms with E-state index >= 15 is 0 Å². The molecule has 0 unspecified atom stereocenters. The van der Waals surface area contributed by atoms with Gasteiger partial charge < -0.3 is 52.0 Å². The van der Waals surface area contributed by atoms with Crippen molar-refractivity contribution in [3.63, 3.8) is 0 Å². The maximum atomic E-state index is 14.3.